The Labute approximate surface area is 167 Å². The van der Waals surface area contributed by atoms with E-state index in [2.05, 4.69) is 43.2 Å². The monoisotopic (exact) mass is 379 g/mol. The van der Waals surface area contributed by atoms with E-state index in [9.17, 15) is 4.79 Å². The van der Waals surface area contributed by atoms with Gasteiger partial charge in [-0.2, -0.15) is 0 Å². The maximum Gasteiger partial charge on any atom is 0.322 e. The van der Waals surface area contributed by atoms with Crippen LogP contribution in [-0.4, -0.2) is 34.1 Å². The fraction of sp³-hybridized carbons (Fsp3) is 0.478. The number of pyridine rings is 1. The van der Waals surface area contributed by atoms with E-state index in [1.165, 1.54) is 5.56 Å². The van der Waals surface area contributed by atoms with Gasteiger partial charge in [0.2, 0.25) is 0 Å². The number of nitrogens with one attached hydrogen (secondary N) is 1. The maximum absolute atomic E-state index is 12.9. The summed E-state index contributed by atoms with van der Waals surface area (Å²) in [4.78, 5) is 19.1. The lowest BCUT2D eigenvalue weighted by molar-refractivity contribution is 0.0730. The minimum absolute atomic E-state index is 0.0100. The van der Waals surface area contributed by atoms with Crippen LogP contribution in [0.15, 0.2) is 48.8 Å². The van der Waals surface area contributed by atoms with Crippen molar-refractivity contribution in [1.82, 2.24) is 9.88 Å². The number of anilines is 1. The number of ether oxygens (including phenoxy) is 1. The smallest absolute Gasteiger partial charge is 0.322 e. The first-order valence-electron chi connectivity index (χ1n) is 10.2. The molecule has 4 rings (SSSR count). The summed E-state index contributed by atoms with van der Waals surface area (Å²) in [7, 11) is 0. The van der Waals surface area contributed by atoms with Gasteiger partial charge in [0.1, 0.15) is 11.9 Å². The minimum atomic E-state index is 0.0100. The Morgan fingerprint density at radius 2 is 1.79 bits per heavy atom. The van der Waals surface area contributed by atoms with Crippen LogP contribution >= 0.6 is 0 Å². The summed E-state index contributed by atoms with van der Waals surface area (Å²) in [6, 6.07) is 12.5. The summed E-state index contributed by atoms with van der Waals surface area (Å²) in [5.41, 5.74) is 2.22. The molecule has 0 radical (unpaired) electrons. The van der Waals surface area contributed by atoms with Gasteiger partial charge in [0.05, 0.1) is 6.20 Å². The molecule has 2 bridgehead atoms. The van der Waals surface area contributed by atoms with E-state index in [0.717, 1.165) is 37.1 Å². The summed E-state index contributed by atoms with van der Waals surface area (Å²) in [6.45, 7) is 6.57. The van der Waals surface area contributed by atoms with Gasteiger partial charge in [-0.25, -0.2) is 4.79 Å². The van der Waals surface area contributed by atoms with E-state index in [-0.39, 0.29) is 29.6 Å². The number of carbonyl (C=O) groups is 1. The summed E-state index contributed by atoms with van der Waals surface area (Å²) >= 11 is 0. The number of fused-ring (bicyclic) bond motifs is 2. The molecule has 2 aliphatic heterocycles. The molecule has 2 aliphatic rings. The first kappa shape index (κ1) is 18.8. The Balaban J connectivity index is 1.38. The molecule has 1 N–H and O–H groups in total. The molecule has 1 aromatic carbocycles. The number of rotatable bonds is 3. The Hall–Kier alpha value is -2.56. The van der Waals surface area contributed by atoms with E-state index < -0.39 is 0 Å². The Bertz CT molecular complexity index is 800. The molecule has 0 spiro atoms. The van der Waals surface area contributed by atoms with Crippen LogP contribution in [0.2, 0.25) is 0 Å². The molecule has 2 atom stereocenters. The Morgan fingerprint density at radius 3 is 2.36 bits per heavy atom. The number of amides is 2. The van der Waals surface area contributed by atoms with Crippen molar-refractivity contribution in [3.8, 4) is 5.75 Å². The molecule has 5 nitrogen and oxygen atoms in total. The first-order chi connectivity index (χ1) is 13.4. The standard InChI is InChI=1S/C23H29N3O2/c1-23(2,3)16-6-8-17(9-7-16)25-22(27)26-18-10-11-19(26)14-21(13-18)28-20-5-4-12-24-15-20/h4-9,12,15,18-19,21H,10-11,13-14H2,1-3H3,(H,25,27). The molecule has 5 heteroatoms. The Morgan fingerprint density at radius 1 is 1.11 bits per heavy atom. The number of nitrogens with zero attached hydrogens (tertiary/aromatic N) is 2. The van der Waals surface area contributed by atoms with Crippen LogP contribution < -0.4 is 10.1 Å². The fourth-order valence-electron chi connectivity index (χ4n) is 4.41. The van der Waals surface area contributed by atoms with E-state index in [4.69, 9.17) is 4.74 Å². The van der Waals surface area contributed by atoms with Crippen LogP contribution in [0.3, 0.4) is 0 Å². The van der Waals surface area contributed by atoms with Gasteiger partial charge in [0.25, 0.3) is 0 Å². The van der Waals surface area contributed by atoms with Crippen molar-refractivity contribution in [3.63, 3.8) is 0 Å². The molecule has 28 heavy (non-hydrogen) atoms. The molecule has 3 heterocycles. The highest BCUT2D eigenvalue weighted by Gasteiger charge is 2.44. The van der Waals surface area contributed by atoms with Crippen molar-refractivity contribution in [2.45, 2.75) is 70.1 Å². The van der Waals surface area contributed by atoms with Crippen LogP contribution in [0, 0.1) is 0 Å². The van der Waals surface area contributed by atoms with Crippen LogP contribution in [0.5, 0.6) is 5.75 Å². The average Bonchev–Trinajstić information content (AvgIpc) is 2.93. The molecule has 148 valence electrons. The third-order valence-corrected chi connectivity index (χ3v) is 5.86. The number of benzene rings is 1. The highest BCUT2D eigenvalue weighted by Crippen LogP contribution is 2.37. The lowest BCUT2D eigenvalue weighted by Gasteiger charge is -2.38. The Kier molecular flexibility index (Phi) is 5.00. The molecule has 1 aromatic heterocycles. The van der Waals surface area contributed by atoms with Gasteiger partial charge in [-0.15, -0.1) is 0 Å². The number of piperidine rings is 1. The van der Waals surface area contributed by atoms with Crippen molar-refractivity contribution >= 4 is 11.7 Å². The largest absolute Gasteiger partial charge is 0.489 e. The third-order valence-electron chi connectivity index (χ3n) is 5.86. The van der Waals surface area contributed by atoms with Gasteiger partial charge in [-0.1, -0.05) is 32.9 Å². The highest BCUT2D eigenvalue weighted by molar-refractivity contribution is 5.90. The van der Waals surface area contributed by atoms with Gasteiger partial charge in [0, 0.05) is 36.8 Å². The number of aromatic nitrogens is 1. The quantitative estimate of drug-likeness (QED) is 0.818. The SMILES string of the molecule is CC(C)(C)c1ccc(NC(=O)N2C3CCC2CC(Oc2cccnc2)C3)cc1. The van der Waals surface area contributed by atoms with Gasteiger partial charge in [-0.3, -0.25) is 4.98 Å². The van der Waals surface area contributed by atoms with Gasteiger partial charge >= 0.3 is 6.03 Å². The zero-order valence-corrected chi connectivity index (χ0v) is 16.9. The molecule has 0 saturated carbocycles. The molecule has 2 saturated heterocycles. The van der Waals surface area contributed by atoms with Crippen molar-refractivity contribution < 1.29 is 9.53 Å². The summed E-state index contributed by atoms with van der Waals surface area (Å²) in [6.07, 6.45) is 7.50. The molecular weight excluding hydrogens is 350 g/mol. The predicted molar refractivity (Wildman–Crippen MR) is 111 cm³/mol. The maximum atomic E-state index is 12.9. The molecule has 2 aromatic rings. The van der Waals surface area contributed by atoms with Gasteiger partial charge < -0.3 is 15.0 Å². The number of carbonyl (C=O) groups excluding carboxylic acids is 1. The molecule has 0 aliphatic carbocycles. The van der Waals surface area contributed by atoms with Crippen molar-refractivity contribution in [2.75, 3.05) is 5.32 Å². The van der Waals surface area contributed by atoms with Gasteiger partial charge in [-0.05, 0) is 48.1 Å². The zero-order valence-electron chi connectivity index (χ0n) is 16.9. The molecular formula is C23H29N3O2. The molecule has 2 unspecified atom stereocenters. The average molecular weight is 380 g/mol. The van der Waals surface area contributed by atoms with E-state index in [0.29, 0.717) is 0 Å². The topological polar surface area (TPSA) is 54.5 Å². The van der Waals surface area contributed by atoms with E-state index >= 15 is 0 Å². The van der Waals surface area contributed by atoms with Crippen molar-refractivity contribution in [3.05, 3.63) is 54.4 Å². The van der Waals surface area contributed by atoms with Crippen molar-refractivity contribution in [2.24, 2.45) is 0 Å². The lowest BCUT2D eigenvalue weighted by Crippen LogP contribution is -2.50. The second kappa shape index (κ2) is 7.46. The van der Waals surface area contributed by atoms with E-state index in [1.807, 2.05) is 29.2 Å². The van der Waals surface area contributed by atoms with Gasteiger partial charge in [0.15, 0.2) is 0 Å². The summed E-state index contributed by atoms with van der Waals surface area (Å²) < 4.78 is 6.11. The number of hydrogen-bond donors (Lipinski definition) is 1. The second-order valence-electron chi connectivity index (χ2n) is 8.95. The molecule has 2 fully saturated rings. The molecule has 2 amide bonds. The third kappa shape index (κ3) is 3.98. The second-order valence-corrected chi connectivity index (χ2v) is 8.95. The highest BCUT2D eigenvalue weighted by atomic mass is 16.5. The first-order valence-corrected chi connectivity index (χ1v) is 10.2. The summed E-state index contributed by atoms with van der Waals surface area (Å²) in [5, 5.41) is 3.09. The van der Waals surface area contributed by atoms with Crippen LogP contribution in [-0.2, 0) is 5.41 Å². The van der Waals surface area contributed by atoms with Crippen LogP contribution in [0.1, 0.15) is 52.0 Å². The zero-order chi connectivity index (χ0) is 19.7. The number of hydrogen-bond acceptors (Lipinski definition) is 3. The lowest BCUT2D eigenvalue weighted by atomic mass is 9.87. The minimum Gasteiger partial charge on any atom is -0.489 e. The fourth-order valence-corrected chi connectivity index (χ4v) is 4.41. The van der Waals surface area contributed by atoms with Crippen LogP contribution in [0.25, 0.3) is 0 Å². The van der Waals surface area contributed by atoms with Crippen molar-refractivity contribution in [1.29, 1.82) is 0 Å². The van der Waals surface area contributed by atoms with Crippen LogP contribution in [0.4, 0.5) is 10.5 Å². The predicted octanol–water partition coefficient (Wildman–Crippen LogP) is 4.99. The normalized spacial score (nSPS) is 24.1. The summed E-state index contributed by atoms with van der Waals surface area (Å²) in [5.74, 6) is 0.809. The number of urea groups is 1. The van der Waals surface area contributed by atoms with E-state index in [1.54, 1.807) is 12.4 Å².